The van der Waals surface area contributed by atoms with Gasteiger partial charge in [-0.3, -0.25) is 0 Å². The molecule has 0 N–H and O–H groups in total. The van der Waals surface area contributed by atoms with Crippen molar-refractivity contribution < 1.29 is 39.9 Å². The van der Waals surface area contributed by atoms with Crippen molar-refractivity contribution in [2.45, 2.75) is 63.2 Å². The molecular formula is C32H50N4O9PS2+. The monoisotopic (exact) mass is 729 g/mol. The van der Waals surface area contributed by atoms with Crippen molar-refractivity contribution >= 4 is 39.7 Å². The standard InChI is InChI=1S/C32H50N4O9PS2/c1-7-31(8-2,47(38,39)35-23-19-33(20-24-35)27-11-15-29(42-5)16-12-27)44-46(37)45-32(9-3,10-4)48(40,41)36-25-21-34(22-26-36)28-13-17-30(43-6)18-14-28/h11-18H,7-10,19-26H2,1-6H3/q+1. The van der Waals surface area contributed by atoms with Crippen LogP contribution >= 0.6 is 8.25 Å². The topological polar surface area (TPSA) is 135 Å². The van der Waals surface area contributed by atoms with Crippen molar-refractivity contribution in [3.05, 3.63) is 48.5 Å². The Bertz CT molecular complexity index is 1450. The third-order valence-corrected chi connectivity index (χ3v) is 16.1. The Hall–Kier alpha value is -2.52. The fraction of sp³-hybridized carbons (Fsp3) is 0.625. The molecule has 0 aromatic heterocycles. The lowest BCUT2D eigenvalue weighted by Gasteiger charge is -2.39. The highest BCUT2D eigenvalue weighted by atomic mass is 32.2. The number of hydrogen-bond acceptors (Lipinski definition) is 11. The first kappa shape index (κ1) is 38.3. The van der Waals surface area contributed by atoms with Crippen LogP contribution in [0.3, 0.4) is 0 Å². The van der Waals surface area contributed by atoms with Crippen LogP contribution in [0.2, 0.25) is 0 Å². The van der Waals surface area contributed by atoms with Gasteiger partial charge < -0.3 is 19.3 Å². The van der Waals surface area contributed by atoms with Gasteiger partial charge in [0.15, 0.2) is 0 Å². The highest BCUT2D eigenvalue weighted by Gasteiger charge is 2.58. The molecule has 2 heterocycles. The van der Waals surface area contributed by atoms with Gasteiger partial charge in [-0.15, -0.1) is 0 Å². The van der Waals surface area contributed by atoms with E-state index < -0.39 is 38.2 Å². The molecular weight excluding hydrogens is 679 g/mol. The van der Waals surface area contributed by atoms with E-state index in [1.807, 2.05) is 48.5 Å². The lowest BCUT2D eigenvalue weighted by Crippen LogP contribution is -2.56. The van der Waals surface area contributed by atoms with Gasteiger partial charge in [-0.1, -0.05) is 36.7 Å². The number of hydrogen-bond donors (Lipinski definition) is 0. The van der Waals surface area contributed by atoms with Gasteiger partial charge in [0.2, 0.25) is 29.9 Å². The predicted molar refractivity (Wildman–Crippen MR) is 188 cm³/mol. The number of anilines is 2. The molecule has 0 aliphatic carbocycles. The van der Waals surface area contributed by atoms with Crippen molar-refractivity contribution in [2.75, 3.05) is 76.4 Å². The molecule has 0 unspecified atom stereocenters. The minimum Gasteiger partial charge on any atom is -0.497 e. The summed E-state index contributed by atoms with van der Waals surface area (Å²) in [6.07, 6.45) is 0.00111. The number of rotatable bonds is 16. The number of methoxy groups -OCH3 is 2. The zero-order chi connectivity index (χ0) is 35.2. The molecule has 2 fully saturated rings. The van der Waals surface area contributed by atoms with E-state index in [1.54, 1.807) is 41.9 Å². The molecule has 13 nitrogen and oxygen atoms in total. The van der Waals surface area contributed by atoms with Crippen LogP contribution in [0.1, 0.15) is 53.4 Å². The molecule has 2 aliphatic heterocycles. The fourth-order valence-electron chi connectivity index (χ4n) is 6.30. The van der Waals surface area contributed by atoms with E-state index in [0.717, 1.165) is 22.9 Å². The summed E-state index contributed by atoms with van der Waals surface area (Å²) < 4.78 is 95.0. The second-order valence-corrected chi connectivity index (χ2v) is 17.1. The molecule has 16 heteroatoms. The van der Waals surface area contributed by atoms with Gasteiger partial charge >= 0.3 is 8.25 Å². The first-order valence-electron chi connectivity index (χ1n) is 16.5. The summed E-state index contributed by atoms with van der Waals surface area (Å²) in [5, 5.41) is 0. The van der Waals surface area contributed by atoms with Crippen LogP contribution in [0.5, 0.6) is 11.5 Å². The zero-order valence-electron chi connectivity index (χ0n) is 28.8. The number of sulfonamides is 2. The van der Waals surface area contributed by atoms with E-state index in [2.05, 4.69) is 9.80 Å². The Balaban J connectivity index is 1.45. The summed E-state index contributed by atoms with van der Waals surface area (Å²) in [5.74, 6) is 1.47. The maximum absolute atomic E-state index is 14.1. The molecule has 0 bridgehead atoms. The predicted octanol–water partition coefficient (Wildman–Crippen LogP) is 5.03. The van der Waals surface area contributed by atoms with Gasteiger partial charge in [0.1, 0.15) is 11.5 Å². The van der Waals surface area contributed by atoms with Crippen LogP contribution in [0, 0.1) is 0 Å². The van der Waals surface area contributed by atoms with Gasteiger partial charge in [-0.25, -0.2) is 16.8 Å². The van der Waals surface area contributed by atoms with Crippen LogP contribution in [0.15, 0.2) is 48.5 Å². The van der Waals surface area contributed by atoms with Crippen molar-refractivity contribution in [2.24, 2.45) is 0 Å². The number of piperazine rings is 2. The number of ether oxygens (including phenoxy) is 2. The summed E-state index contributed by atoms with van der Waals surface area (Å²) in [7, 11) is -8.22. The highest BCUT2D eigenvalue weighted by molar-refractivity contribution is 7.91. The summed E-state index contributed by atoms with van der Waals surface area (Å²) in [5.41, 5.74) is 1.91. The normalized spacial score (nSPS) is 17.4. The maximum atomic E-state index is 14.1. The van der Waals surface area contributed by atoms with Crippen LogP contribution in [-0.4, -0.2) is 102 Å². The van der Waals surface area contributed by atoms with Crippen LogP contribution in [-0.2, 0) is 33.7 Å². The van der Waals surface area contributed by atoms with Crippen molar-refractivity contribution in [1.29, 1.82) is 0 Å². The maximum Gasteiger partial charge on any atom is 0.700 e. The molecule has 0 saturated carbocycles. The lowest BCUT2D eigenvalue weighted by molar-refractivity contribution is 0.0702. The van der Waals surface area contributed by atoms with Gasteiger partial charge in [-0.2, -0.15) is 8.61 Å². The largest absolute Gasteiger partial charge is 0.700 e. The van der Waals surface area contributed by atoms with Gasteiger partial charge in [0.25, 0.3) is 0 Å². The van der Waals surface area contributed by atoms with Crippen molar-refractivity contribution in [1.82, 2.24) is 8.61 Å². The van der Waals surface area contributed by atoms with E-state index >= 15 is 0 Å². The van der Waals surface area contributed by atoms with Gasteiger partial charge in [0.05, 0.1) is 14.2 Å². The first-order valence-corrected chi connectivity index (χ1v) is 20.5. The molecule has 2 saturated heterocycles. The molecule has 4 rings (SSSR count). The van der Waals surface area contributed by atoms with E-state index in [4.69, 9.17) is 18.5 Å². The molecule has 48 heavy (non-hydrogen) atoms. The third kappa shape index (κ3) is 7.62. The summed E-state index contributed by atoms with van der Waals surface area (Å²) in [4.78, 5) is 0.468. The SMILES string of the molecule is CCC(CC)(O[P+](=O)OC(CC)(CC)S(=O)(=O)N1CCN(c2ccc(OC)cc2)CC1)S(=O)(=O)N1CCN(c2ccc(OC)cc2)CC1. The Morgan fingerprint density at radius 3 is 1.10 bits per heavy atom. The van der Waals surface area contributed by atoms with Crippen molar-refractivity contribution in [3.8, 4) is 11.5 Å². The Labute approximate surface area is 287 Å². The van der Waals surface area contributed by atoms with E-state index in [1.165, 1.54) is 8.61 Å². The van der Waals surface area contributed by atoms with Crippen LogP contribution in [0.25, 0.3) is 0 Å². The smallest absolute Gasteiger partial charge is 0.497 e. The van der Waals surface area contributed by atoms with E-state index in [0.29, 0.717) is 26.2 Å². The molecule has 0 spiro atoms. The minimum atomic E-state index is -4.13. The summed E-state index contributed by atoms with van der Waals surface area (Å²) in [6.45, 7) is 9.29. The van der Waals surface area contributed by atoms with Gasteiger partial charge in [-0.05, 0) is 74.2 Å². The second kappa shape index (κ2) is 16.0. The fourth-order valence-corrected chi connectivity index (χ4v) is 12.2. The summed E-state index contributed by atoms with van der Waals surface area (Å²) in [6, 6.07) is 15.2. The lowest BCUT2D eigenvalue weighted by atomic mass is 10.2. The average Bonchev–Trinajstić information content (AvgIpc) is 3.12. The first-order chi connectivity index (χ1) is 22.9. The number of benzene rings is 2. The molecule has 0 amide bonds. The van der Waals surface area contributed by atoms with Crippen LogP contribution in [0.4, 0.5) is 11.4 Å². The van der Waals surface area contributed by atoms with E-state index in [9.17, 15) is 21.4 Å². The molecule has 0 atom stereocenters. The van der Waals surface area contributed by atoms with E-state index in [-0.39, 0.29) is 51.9 Å². The highest BCUT2D eigenvalue weighted by Crippen LogP contribution is 2.47. The quantitative estimate of drug-likeness (QED) is 0.215. The average molecular weight is 730 g/mol. The molecule has 2 aromatic carbocycles. The minimum absolute atomic E-state index is 0.000279. The second-order valence-electron chi connectivity index (χ2n) is 11.8. The summed E-state index contributed by atoms with van der Waals surface area (Å²) >= 11 is 0. The van der Waals surface area contributed by atoms with Crippen LogP contribution < -0.4 is 19.3 Å². The Morgan fingerprint density at radius 1 is 0.562 bits per heavy atom. The van der Waals surface area contributed by atoms with Crippen molar-refractivity contribution in [3.63, 3.8) is 0 Å². The Morgan fingerprint density at radius 2 is 0.854 bits per heavy atom. The third-order valence-electron chi connectivity index (χ3n) is 9.61. The molecule has 0 radical (unpaired) electrons. The number of nitrogens with zero attached hydrogens (tertiary/aromatic N) is 4. The Kier molecular flexibility index (Phi) is 12.8. The molecule has 268 valence electrons. The molecule has 2 aliphatic rings. The molecule has 2 aromatic rings. The van der Waals surface area contributed by atoms with Gasteiger partial charge in [0, 0.05) is 68.3 Å². The zero-order valence-corrected chi connectivity index (χ0v) is 31.4.